The van der Waals surface area contributed by atoms with Crippen LogP contribution in [0.3, 0.4) is 0 Å². The molecule has 0 atom stereocenters. The molecule has 1 saturated heterocycles. The number of halogens is 2. The first-order chi connectivity index (χ1) is 13.8. The molecule has 0 radical (unpaired) electrons. The molecule has 1 aromatic carbocycles. The molecule has 2 aromatic heterocycles. The van der Waals surface area contributed by atoms with Crippen LogP contribution < -0.4 is 5.32 Å². The fourth-order valence-corrected chi connectivity index (χ4v) is 3.96. The van der Waals surface area contributed by atoms with Crippen LogP contribution in [0, 0.1) is 5.92 Å². The van der Waals surface area contributed by atoms with Gasteiger partial charge in [0.05, 0.1) is 16.8 Å². The van der Waals surface area contributed by atoms with Crippen LogP contribution in [0.2, 0.25) is 0 Å². The van der Waals surface area contributed by atoms with Crippen molar-refractivity contribution in [1.29, 1.82) is 0 Å². The van der Waals surface area contributed by atoms with Gasteiger partial charge in [0.15, 0.2) is 0 Å². The van der Waals surface area contributed by atoms with Crippen molar-refractivity contribution in [2.75, 3.05) is 26.7 Å². The van der Waals surface area contributed by atoms with Crippen LogP contribution >= 0.6 is 24.8 Å². The first-order valence-electron chi connectivity index (χ1n) is 10.0. The van der Waals surface area contributed by atoms with E-state index in [9.17, 15) is 4.79 Å². The van der Waals surface area contributed by atoms with Crippen LogP contribution in [0.4, 0.5) is 0 Å². The van der Waals surface area contributed by atoms with Gasteiger partial charge in [-0.2, -0.15) is 0 Å². The molecule has 0 saturated carbocycles. The topological polar surface area (TPSA) is 58.1 Å². The van der Waals surface area contributed by atoms with E-state index < -0.39 is 0 Å². The molecule has 1 amide bonds. The normalized spacial score (nSPS) is 14.1. The maximum Gasteiger partial charge on any atom is 0.254 e. The Balaban J connectivity index is 0.00000160. The molecule has 5 nitrogen and oxygen atoms in total. The van der Waals surface area contributed by atoms with E-state index in [4.69, 9.17) is 4.98 Å². The Bertz CT molecular complexity index is 960. The Morgan fingerprint density at radius 2 is 1.90 bits per heavy atom. The Hall–Kier alpha value is -2.21. The molecule has 0 unspecified atom stereocenters. The summed E-state index contributed by atoms with van der Waals surface area (Å²) in [6, 6.07) is 13.7. The fourth-order valence-electron chi connectivity index (χ4n) is 3.96. The van der Waals surface area contributed by atoms with Crippen molar-refractivity contribution in [3.05, 3.63) is 60.4 Å². The summed E-state index contributed by atoms with van der Waals surface area (Å²) < 4.78 is 0. The molecular formula is C23H28Cl2N4O. The van der Waals surface area contributed by atoms with Gasteiger partial charge in [-0.3, -0.25) is 9.78 Å². The van der Waals surface area contributed by atoms with Gasteiger partial charge >= 0.3 is 0 Å². The van der Waals surface area contributed by atoms with Crippen molar-refractivity contribution >= 4 is 41.6 Å². The molecule has 1 aliphatic heterocycles. The van der Waals surface area contributed by atoms with Gasteiger partial charge in [0.25, 0.3) is 5.91 Å². The number of hydrogen-bond acceptors (Lipinski definition) is 4. The second kappa shape index (κ2) is 11.3. The quantitative estimate of drug-likeness (QED) is 0.621. The molecule has 3 heterocycles. The summed E-state index contributed by atoms with van der Waals surface area (Å²) in [6.07, 6.45) is 6.87. The summed E-state index contributed by atoms with van der Waals surface area (Å²) in [5.41, 5.74) is 3.29. The van der Waals surface area contributed by atoms with Crippen LogP contribution in [0.5, 0.6) is 0 Å². The van der Waals surface area contributed by atoms with Crippen molar-refractivity contribution in [3.63, 3.8) is 0 Å². The standard InChI is InChI=1S/C23H26N4O.2ClH/c1-24-12-8-17-9-13-27(14-10-17)23(28)20-15-22(18-5-4-11-25-16-18)26-21-7-3-2-6-19(20)21;;/h2-7,11,15-17,24H,8-10,12-14H2,1H3;2*1H. The summed E-state index contributed by atoms with van der Waals surface area (Å²) >= 11 is 0. The monoisotopic (exact) mass is 446 g/mol. The van der Waals surface area contributed by atoms with Crippen molar-refractivity contribution in [3.8, 4) is 11.3 Å². The lowest BCUT2D eigenvalue weighted by Crippen LogP contribution is -2.39. The van der Waals surface area contributed by atoms with Crippen LogP contribution in [-0.2, 0) is 0 Å². The predicted molar refractivity (Wildman–Crippen MR) is 127 cm³/mol. The Morgan fingerprint density at radius 3 is 2.60 bits per heavy atom. The van der Waals surface area contributed by atoms with E-state index in [0.29, 0.717) is 5.92 Å². The fraction of sp³-hybridized carbons (Fsp3) is 0.348. The molecule has 7 heteroatoms. The van der Waals surface area contributed by atoms with Gasteiger partial charge < -0.3 is 10.2 Å². The minimum Gasteiger partial charge on any atom is -0.339 e. The number of fused-ring (bicyclic) bond motifs is 1. The predicted octanol–water partition coefficient (Wildman–Crippen LogP) is 4.60. The van der Waals surface area contributed by atoms with Gasteiger partial charge in [-0.15, -0.1) is 24.8 Å². The lowest BCUT2D eigenvalue weighted by atomic mass is 9.93. The molecule has 30 heavy (non-hydrogen) atoms. The average Bonchev–Trinajstić information content (AvgIpc) is 2.77. The number of likely N-dealkylation sites (tertiary alicyclic amines) is 1. The third-order valence-corrected chi connectivity index (χ3v) is 5.61. The number of benzene rings is 1. The van der Waals surface area contributed by atoms with E-state index >= 15 is 0 Å². The van der Waals surface area contributed by atoms with Crippen LogP contribution in [0.1, 0.15) is 29.6 Å². The number of nitrogens with one attached hydrogen (secondary N) is 1. The van der Waals surface area contributed by atoms with E-state index in [-0.39, 0.29) is 30.7 Å². The number of rotatable bonds is 5. The highest BCUT2D eigenvalue weighted by molar-refractivity contribution is 6.07. The highest BCUT2D eigenvalue weighted by Crippen LogP contribution is 2.27. The number of amides is 1. The largest absolute Gasteiger partial charge is 0.339 e. The third-order valence-electron chi connectivity index (χ3n) is 5.61. The van der Waals surface area contributed by atoms with Crippen molar-refractivity contribution < 1.29 is 4.79 Å². The van der Waals surface area contributed by atoms with Gasteiger partial charge in [-0.25, -0.2) is 4.98 Å². The van der Waals surface area contributed by atoms with E-state index in [1.165, 1.54) is 6.42 Å². The Labute approximate surface area is 190 Å². The number of para-hydroxylation sites is 1. The lowest BCUT2D eigenvalue weighted by molar-refractivity contribution is 0.0689. The van der Waals surface area contributed by atoms with E-state index in [0.717, 1.165) is 60.2 Å². The zero-order valence-electron chi connectivity index (χ0n) is 17.1. The Morgan fingerprint density at radius 1 is 1.13 bits per heavy atom. The zero-order chi connectivity index (χ0) is 19.3. The first kappa shape index (κ1) is 24.1. The lowest BCUT2D eigenvalue weighted by Gasteiger charge is -2.32. The maximum absolute atomic E-state index is 13.4. The number of hydrogen-bond donors (Lipinski definition) is 1. The Kier molecular flexibility index (Phi) is 9.03. The maximum atomic E-state index is 13.4. The smallest absolute Gasteiger partial charge is 0.254 e. The summed E-state index contributed by atoms with van der Waals surface area (Å²) in [4.78, 5) is 24.4. The number of carbonyl (C=O) groups is 1. The molecule has 4 rings (SSSR count). The van der Waals surface area contributed by atoms with Crippen LogP contribution in [-0.4, -0.2) is 47.5 Å². The second-order valence-corrected chi connectivity index (χ2v) is 7.44. The SMILES string of the molecule is CNCCC1CCN(C(=O)c2cc(-c3cccnc3)nc3ccccc23)CC1.Cl.Cl. The molecule has 0 spiro atoms. The van der Waals surface area contributed by atoms with E-state index in [1.54, 1.807) is 12.4 Å². The molecule has 1 aliphatic rings. The molecule has 0 aliphatic carbocycles. The number of carbonyl (C=O) groups excluding carboxylic acids is 1. The molecule has 1 fully saturated rings. The van der Waals surface area contributed by atoms with Crippen LogP contribution in [0.15, 0.2) is 54.9 Å². The first-order valence-corrected chi connectivity index (χ1v) is 10.0. The summed E-state index contributed by atoms with van der Waals surface area (Å²) in [5, 5.41) is 4.14. The van der Waals surface area contributed by atoms with Crippen molar-refractivity contribution in [2.24, 2.45) is 5.92 Å². The van der Waals surface area contributed by atoms with Crippen molar-refractivity contribution in [2.45, 2.75) is 19.3 Å². The molecule has 3 aromatic rings. The number of piperidine rings is 1. The molecule has 1 N–H and O–H groups in total. The number of nitrogens with zero attached hydrogens (tertiary/aromatic N) is 3. The highest BCUT2D eigenvalue weighted by atomic mass is 35.5. The van der Waals surface area contributed by atoms with Gasteiger partial charge in [0.1, 0.15) is 0 Å². The molecule has 0 bridgehead atoms. The molecule has 160 valence electrons. The minimum atomic E-state index is 0. The third kappa shape index (κ3) is 5.28. The number of aromatic nitrogens is 2. The van der Waals surface area contributed by atoms with E-state index in [1.807, 2.05) is 54.4 Å². The van der Waals surface area contributed by atoms with Crippen molar-refractivity contribution in [1.82, 2.24) is 20.2 Å². The number of pyridine rings is 2. The van der Waals surface area contributed by atoms with Gasteiger partial charge in [-0.1, -0.05) is 18.2 Å². The minimum absolute atomic E-state index is 0. The zero-order valence-corrected chi connectivity index (χ0v) is 18.7. The van der Waals surface area contributed by atoms with Gasteiger partial charge in [-0.05, 0) is 63.0 Å². The van der Waals surface area contributed by atoms with Gasteiger partial charge in [0.2, 0.25) is 0 Å². The molecular weight excluding hydrogens is 419 g/mol. The second-order valence-electron chi connectivity index (χ2n) is 7.44. The summed E-state index contributed by atoms with van der Waals surface area (Å²) in [6.45, 7) is 2.69. The highest BCUT2D eigenvalue weighted by Gasteiger charge is 2.25. The summed E-state index contributed by atoms with van der Waals surface area (Å²) in [5.74, 6) is 0.812. The van der Waals surface area contributed by atoms with Gasteiger partial charge in [0, 0.05) is 36.4 Å². The average molecular weight is 447 g/mol. The summed E-state index contributed by atoms with van der Waals surface area (Å²) in [7, 11) is 1.99. The van der Waals surface area contributed by atoms with E-state index in [2.05, 4.69) is 10.3 Å². The van der Waals surface area contributed by atoms with Crippen LogP contribution in [0.25, 0.3) is 22.2 Å².